The van der Waals surface area contributed by atoms with Gasteiger partial charge in [-0.1, -0.05) is 42.5 Å². The Labute approximate surface area is 127 Å². The molecule has 0 radical (unpaired) electrons. The maximum Gasteiger partial charge on any atom is 0.334 e. The third-order valence-electron chi connectivity index (χ3n) is 4.06. The zero-order chi connectivity index (χ0) is 15.1. The Morgan fingerprint density at radius 2 is 1.86 bits per heavy atom. The molecule has 0 fully saturated rings. The molecule has 0 spiro atoms. The first kappa shape index (κ1) is 12.9. The predicted molar refractivity (Wildman–Crippen MR) is 84.4 cm³/mol. The fraction of sp³-hybridized carbons (Fsp3) is 0.105. The lowest BCUT2D eigenvalue weighted by atomic mass is 10.0. The first-order valence-corrected chi connectivity index (χ1v) is 7.16. The van der Waals surface area contributed by atoms with Crippen LogP contribution in [0.2, 0.25) is 0 Å². The van der Waals surface area contributed by atoms with Gasteiger partial charge in [0.1, 0.15) is 11.3 Å². The van der Waals surface area contributed by atoms with E-state index in [1.165, 1.54) is 7.11 Å². The zero-order valence-corrected chi connectivity index (χ0v) is 12.1. The summed E-state index contributed by atoms with van der Waals surface area (Å²) in [6, 6.07) is 17.8. The molecule has 0 saturated heterocycles. The van der Waals surface area contributed by atoms with Gasteiger partial charge in [-0.25, -0.2) is 4.79 Å². The highest BCUT2D eigenvalue weighted by Crippen LogP contribution is 2.39. The van der Waals surface area contributed by atoms with E-state index in [9.17, 15) is 4.79 Å². The van der Waals surface area contributed by atoms with Crippen molar-refractivity contribution in [3.05, 3.63) is 77.1 Å². The van der Waals surface area contributed by atoms with Crippen LogP contribution in [0.5, 0.6) is 0 Å². The van der Waals surface area contributed by atoms with E-state index in [2.05, 4.69) is 0 Å². The van der Waals surface area contributed by atoms with Gasteiger partial charge in [0.25, 0.3) is 0 Å². The van der Waals surface area contributed by atoms with Gasteiger partial charge >= 0.3 is 5.97 Å². The molecule has 3 nitrogen and oxygen atoms in total. The molecule has 4 rings (SSSR count). The van der Waals surface area contributed by atoms with Gasteiger partial charge in [0, 0.05) is 17.4 Å². The molecule has 0 atom stereocenters. The van der Waals surface area contributed by atoms with Gasteiger partial charge < -0.3 is 9.15 Å². The number of hydrogen-bond acceptors (Lipinski definition) is 3. The van der Waals surface area contributed by atoms with Gasteiger partial charge in [-0.05, 0) is 23.3 Å². The van der Waals surface area contributed by atoms with Gasteiger partial charge in [-0.15, -0.1) is 0 Å². The third-order valence-corrected chi connectivity index (χ3v) is 4.06. The maximum absolute atomic E-state index is 12.2. The Morgan fingerprint density at radius 3 is 2.68 bits per heavy atom. The maximum atomic E-state index is 12.2. The van der Waals surface area contributed by atoms with Crippen LogP contribution < -0.4 is 0 Å². The quantitative estimate of drug-likeness (QED) is 0.670. The molecule has 1 aliphatic rings. The molecule has 1 aliphatic carbocycles. The summed E-state index contributed by atoms with van der Waals surface area (Å²) < 4.78 is 10.9. The Kier molecular flexibility index (Phi) is 2.86. The van der Waals surface area contributed by atoms with Crippen molar-refractivity contribution in [3.63, 3.8) is 0 Å². The molecule has 3 aromatic rings. The number of furan rings is 1. The molecule has 0 unspecified atom stereocenters. The molecule has 108 valence electrons. The number of benzene rings is 2. The van der Waals surface area contributed by atoms with E-state index in [4.69, 9.17) is 9.15 Å². The van der Waals surface area contributed by atoms with E-state index in [1.54, 1.807) is 0 Å². The van der Waals surface area contributed by atoms with Crippen molar-refractivity contribution >= 4 is 22.5 Å². The smallest absolute Gasteiger partial charge is 0.334 e. The highest BCUT2D eigenvalue weighted by atomic mass is 16.5. The van der Waals surface area contributed by atoms with Crippen LogP contribution >= 0.6 is 0 Å². The molecular weight excluding hydrogens is 276 g/mol. The molecular formula is C19H14O3. The summed E-state index contributed by atoms with van der Waals surface area (Å²) in [6.07, 6.45) is 0.579. The lowest BCUT2D eigenvalue weighted by molar-refractivity contribution is -0.136. The molecule has 0 aliphatic heterocycles. The highest BCUT2D eigenvalue weighted by Gasteiger charge is 2.29. The van der Waals surface area contributed by atoms with Crippen LogP contribution in [0.25, 0.3) is 16.5 Å². The first-order valence-electron chi connectivity index (χ1n) is 7.16. The van der Waals surface area contributed by atoms with Crippen molar-refractivity contribution < 1.29 is 13.9 Å². The number of fused-ring (bicyclic) bond motifs is 2. The van der Waals surface area contributed by atoms with Gasteiger partial charge in [-0.2, -0.15) is 0 Å². The summed E-state index contributed by atoms with van der Waals surface area (Å²) in [4.78, 5) is 12.2. The monoisotopic (exact) mass is 290 g/mol. The standard InChI is InChI=1S/C19H14O3/c1-21-19(20)15-10-12-6-2-4-8-14(12)18(15)17-11-13-7-3-5-9-16(13)22-17/h2-9,11H,10H2,1H3. The number of methoxy groups -OCH3 is 1. The van der Waals surface area contributed by atoms with Crippen molar-refractivity contribution in [2.45, 2.75) is 6.42 Å². The highest BCUT2D eigenvalue weighted by molar-refractivity contribution is 6.05. The number of esters is 1. The molecule has 1 aromatic heterocycles. The second kappa shape index (κ2) is 4.88. The minimum atomic E-state index is -0.299. The van der Waals surface area contributed by atoms with E-state index in [0.717, 1.165) is 27.7 Å². The second-order valence-corrected chi connectivity index (χ2v) is 5.33. The van der Waals surface area contributed by atoms with E-state index in [-0.39, 0.29) is 5.97 Å². The Morgan fingerprint density at radius 1 is 1.09 bits per heavy atom. The lowest BCUT2D eigenvalue weighted by Gasteiger charge is -2.04. The average Bonchev–Trinajstić information content (AvgIpc) is 3.14. The summed E-state index contributed by atoms with van der Waals surface area (Å²) in [7, 11) is 1.41. The lowest BCUT2D eigenvalue weighted by Crippen LogP contribution is -2.06. The van der Waals surface area contributed by atoms with E-state index in [1.807, 2.05) is 54.6 Å². The SMILES string of the molecule is COC(=O)C1=C(c2cc3ccccc3o2)c2ccccc2C1. The zero-order valence-electron chi connectivity index (χ0n) is 12.1. The van der Waals surface area contributed by atoms with Crippen LogP contribution in [-0.2, 0) is 16.0 Å². The van der Waals surface area contributed by atoms with Crippen LogP contribution in [0.1, 0.15) is 16.9 Å². The van der Waals surface area contributed by atoms with Crippen LogP contribution in [0.4, 0.5) is 0 Å². The van der Waals surface area contributed by atoms with E-state index < -0.39 is 0 Å². The van der Waals surface area contributed by atoms with Crippen molar-refractivity contribution in [1.82, 2.24) is 0 Å². The minimum absolute atomic E-state index is 0.299. The van der Waals surface area contributed by atoms with Gasteiger partial charge in [0.05, 0.1) is 12.7 Å². The average molecular weight is 290 g/mol. The largest absolute Gasteiger partial charge is 0.466 e. The fourth-order valence-electron chi connectivity index (χ4n) is 3.04. The summed E-state index contributed by atoms with van der Waals surface area (Å²) in [6.45, 7) is 0. The van der Waals surface area contributed by atoms with Crippen molar-refractivity contribution in [3.8, 4) is 0 Å². The van der Waals surface area contributed by atoms with E-state index >= 15 is 0 Å². The molecule has 0 amide bonds. The Bertz CT molecular complexity index is 882. The third kappa shape index (κ3) is 1.86. The topological polar surface area (TPSA) is 39.4 Å². The number of carbonyl (C=O) groups is 1. The predicted octanol–water partition coefficient (Wildman–Crippen LogP) is 3.96. The number of hydrogen-bond donors (Lipinski definition) is 0. The number of rotatable bonds is 2. The molecule has 1 heterocycles. The van der Waals surface area contributed by atoms with Crippen LogP contribution in [-0.4, -0.2) is 13.1 Å². The molecule has 3 heteroatoms. The van der Waals surface area contributed by atoms with Crippen LogP contribution in [0.15, 0.2) is 64.6 Å². The molecule has 0 bridgehead atoms. The summed E-state index contributed by atoms with van der Waals surface area (Å²) in [5.74, 6) is 0.415. The summed E-state index contributed by atoms with van der Waals surface area (Å²) in [5, 5.41) is 1.03. The van der Waals surface area contributed by atoms with Crippen LogP contribution in [0.3, 0.4) is 0 Å². The normalized spacial score (nSPS) is 13.5. The first-order chi connectivity index (χ1) is 10.8. The van der Waals surface area contributed by atoms with Crippen molar-refractivity contribution in [2.75, 3.05) is 7.11 Å². The molecule has 0 saturated carbocycles. The number of carbonyl (C=O) groups excluding carboxylic acids is 1. The molecule has 22 heavy (non-hydrogen) atoms. The summed E-state index contributed by atoms with van der Waals surface area (Å²) in [5.41, 5.74) is 4.49. The fourth-order valence-corrected chi connectivity index (χ4v) is 3.04. The minimum Gasteiger partial charge on any atom is -0.466 e. The molecule has 2 aromatic carbocycles. The second-order valence-electron chi connectivity index (χ2n) is 5.33. The van der Waals surface area contributed by atoms with Gasteiger partial charge in [0.15, 0.2) is 0 Å². The summed E-state index contributed by atoms with van der Waals surface area (Å²) >= 11 is 0. The number of ether oxygens (including phenoxy) is 1. The van der Waals surface area contributed by atoms with Gasteiger partial charge in [-0.3, -0.25) is 0 Å². The van der Waals surface area contributed by atoms with Crippen LogP contribution in [0, 0.1) is 0 Å². The van der Waals surface area contributed by atoms with Gasteiger partial charge in [0.2, 0.25) is 0 Å². The Hall–Kier alpha value is -2.81. The number of para-hydroxylation sites is 1. The molecule has 0 N–H and O–H groups in total. The van der Waals surface area contributed by atoms with Crippen molar-refractivity contribution in [1.29, 1.82) is 0 Å². The Balaban J connectivity index is 1.96. The van der Waals surface area contributed by atoms with Crippen molar-refractivity contribution in [2.24, 2.45) is 0 Å². The van der Waals surface area contributed by atoms with E-state index in [0.29, 0.717) is 17.8 Å².